The summed E-state index contributed by atoms with van der Waals surface area (Å²) in [4.78, 5) is 22.8. The van der Waals surface area contributed by atoms with Gasteiger partial charge in [-0.25, -0.2) is 0 Å². The molecule has 142 valence electrons. The summed E-state index contributed by atoms with van der Waals surface area (Å²) >= 11 is 1.26. The molecule has 0 unspecified atom stereocenters. The van der Waals surface area contributed by atoms with Crippen LogP contribution in [0.5, 0.6) is 0 Å². The first-order chi connectivity index (χ1) is 13.6. The van der Waals surface area contributed by atoms with E-state index in [1.54, 1.807) is 12.1 Å². The van der Waals surface area contributed by atoms with E-state index in [1.165, 1.54) is 30.0 Å². The molecule has 0 atom stereocenters. The number of non-ortho nitro benzene ring substituents is 1. The molecule has 28 heavy (non-hydrogen) atoms. The van der Waals surface area contributed by atoms with Crippen molar-refractivity contribution < 1.29 is 9.72 Å². The highest BCUT2D eigenvalue weighted by molar-refractivity contribution is 7.99. The number of nitrogens with zero attached hydrogens (tertiary/aromatic N) is 4. The minimum absolute atomic E-state index is 0.101. The van der Waals surface area contributed by atoms with Crippen LogP contribution in [-0.2, 0) is 13.0 Å². The van der Waals surface area contributed by atoms with E-state index < -0.39 is 4.92 Å². The molecule has 1 heterocycles. The number of Topliss-reactive ketones (excluding diaryl/α,β-unsaturated/α-hetero) is 1. The van der Waals surface area contributed by atoms with Gasteiger partial charge in [-0.3, -0.25) is 14.9 Å². The number of carbonyl (C=O) groups is 1. The fourth-order valence-electron chi connectivity index (χ4n) is 2.65. The van der Waals surface area contributed by atoms with Crippen LogP contribution in [0.2, 0.25) is 0 Å². The summed E-state index contributed by atoms with van der Waals surface area (Å²) in [6, 6.07) is 15.7. The van der Waals surface area contributed by atoms with Gasteiger partial charge in [0.15, 0.2) is 10.9 Å². The molecule has 3 aromatic rings. The standard InChI is InChI=1S/C20H18N4O3S/c1-2-11-23-19(12-15-7-4-3-5-8-15)21-22-20(23)28-14-18(25)16-9-6-10-17(13-16)24(26)27/h2-10,13H,1,11-12,14H2. The predicted octanol–water partition coefficient (Wildman–Crippen LogP) is 3.94. The lowest BCUT2D eigenvalue weighted by Gasteiger charge is -2.07. The van der Waals surface area contributed by atoms with E-state index in [-0.39, 0.29) is 17.2 Å². The summed E-state index contributed by atoms with van der Waals surface area (Å²) in [6.07, 6.45) is 2.38. The number of hydrogen-bond donors (Lipinski definition) is 0. The van der Waals surface area contributed by atoms with Crippen molar-refractivity contribution in [3.8, 4) is 0 Å². The number of rotatable bonds is 9. The molecule has 0 saturated carbocycles. The Labute approximate surface area is 166 Å². The highest BCUT2D eigenvalue weighted by Crippen LogP contribution is 2.21. The molecule has 2 aromatic carbocycles. The lowest BCUT2D eigenvalue weighted by Crippen LogP contribution is -2.07. The van der Waals surface area contributed by atoms with Gasteiger partial charge in [-0.05, 0) is 5.56 Å². The average molecular weight is 394 g/mol. The topological polar surface area (TPSA) is 90.9 Å². The monoisotopic (exact) mass is 394 g/mol. The SMILES string of the molecule is C=CCn1c(Cc2ccccc2)nnc1SCC(=O)c1cccc([N+](=O)[O-])c1. The third-order valence-electron chi connectivity index (χ3n) is 4.02. The summed E-state index contributed by atoms with van der Waals surface area (Å²) in [5.74, 6) is 0.699. The molecule has 8 heteroatoms. The Kier molecular flexibility index (Phi) is 6.33. The summed E-state index contributed by atoms with van der Waals surface area (Å²) in [7, 11) is 0. The molecule has 0 amide bonds. The second kappa shape index (κ2) is 9.09. The molecule has 0 radical (unpaired) electrons. The number of thioether (sulfide) groups is 1. The van der Waals surface area contributed by atoms with Crippen LogP contribution in [0.1, 0.15) is 21.7 Å². The Hall–Kier alpha value is -3.26. The summed E-state index contributed by atoms with van der Waals surface area (Å²) < 4.78 is 1.92. The fourth-order valence-corrected chi connectivity index (χ4v) is 3.51. The number of ketones is 1. The lowest BCUT2D eigenvalue weighted by atomic mass is 10.1. The van der Waals surface area contributed by atoms with E-state index in [2.05, 4.69) is 16.8 Å². The van der Waals surface area contributed by atoms with Crippen molar-refractivity contribution >= 4 is 23.2 Å². The largest absolute Gasteiger partial charge is 0.302 e. The Balaban J connectivity index is 1.73. The maximum atomic E-state index is 12.4. The van der Waals surface area contributed by atoms with Gasteiger partial charge in [0, 0.05) is 30.7 Å². The van der Waals surface area contributed by atoms with E-state index in [1.807, 2.05) is 34.9 Å². The maximum Gasteiger partial charge on any atom is 0.270 e. The minimum Gasteiger partial charge on any atom is -0.302 e. The van der Waals surface area contributed by atoms with Crippen LogP contribution in [-0.4, -0.2) is 31.2 Å². The van der Waals surface area contributed by atoms with Crippen LogP contribution < -0.4 is 0 Å². The molecule has 3 rings (SSSR count). The number of aromatic nitrogens is 3. The maximum absolute atomic E-state index is 12.4. The van der Waals surface area contributed by atoms with Crippen LogP contribution >= 0.6 is 11.8 Å². The number of carbonyl (C=O) groups excluding carboxylic acids is 1. The lowest BCUT2D eigenvalue weighted by molar-refractivity contribution is -0.384. The Morgan fingerprint density at radius 1 is 1.18 bits per heavy atom. The quantitative estimate of drug-likeness (QED) is 0.179. The normalized spacial score (nSPS) is 10.6. The van der Waals surface area contributed by atoms with E-state index in [9.17, 15) is 14.9 Å². The van der Waals surface area contributed by atoms with Crippen molar-refractivity contribution in [3.63, 3.8) is 0 Å². The van der Waals surface area contributed by atoms with Crippen LogP contribution in [0.4, 0.5) is 5.69 Å². The van der Waals surface area contributed by atoms with Crippen molar-refractivity contribution in [1.82, 2.24) is 14.8 Å². The Bertz CT molecular complexity index is 1000. The van der Waals surface area contributed by atoms with Gasteiger partial charge in [0.25, 0.3) is 5.69 Å². The number of allylic oxidation sites excluding steroid dienone is 1. The molecule has 0 saturated heterocycles. The molecule has 0 aliphatic rings. The third kappa shape index (κ3) is 4.72. The molecule has 0 aliphatic heterocycles. The van der Waals surface area contributed by atoms with Gasteiger partial charge in [0.2, 0.25) is 0 Å². The zero-order valence-corrected chi connectivity index (χ0v) is 15.8. The average Bonchev–Trinajstić information content (AvgIpc) is 3.08. The summed E-state index contributed by atoms with van der Waals surface area (Å²) in [6.45, 7) is 4.31. The molecule has 0 bridgehead atoms. The van der Waals surface area contributed by atoms with Crippen molar-refractivity contribution in [3.05, 3.63) is 94.3 Å². The first-order valence-corrected chi connectivity index (χ1v) is 9.54. The van der Waals surface area contributed by atoms with Gasteiger partial charge in [-0.1, -0.05) is 60.3 Å². The van der Waals surface area contributed by atoms with E-state index >= 15 is 0 Å². The van der Waals surface area contributed by atoms with E-state index in [4.69, 9.17) is 0 Å². The van der Waals surface area contributed by atoms with Gasteiger partial charge in [-0.2, -0.15) is 0 Å². The Morgan fingerprint density at radius 2 is 1.96 bits per heavy atom. The van der Waals surface area contributed by atoms with Crippen LogP contribution in [0.25, 0.3) is 0 Å². The number of nitro groups is 1. The van der Waals surface area contributed by atoms with Crippen LogP contribution in [0.15, 0.2) is 72.4 Å². The first kappa shape index (κ1) is 19.5. The molecular formula is C20H18N4O3S. The zero-order valence-electron chi connectivity index (χ0n) is 15.0. The van der Waals surface area contributed by atoms with Crippen molar-refractivity contribution in [2.75, 3.05) is 5.75 Å². The molecule has 0 N–H and O–H groups in total. The van der Waals surface area contributed by atoms with E-state index in [0.29, 0.717) is 23.7 Å². The molecule has 0 aliphatic carbocycles. The molecule has 0 fully saturated rings. The Morgan fingerprint density at radius 3 is 2.68 bits per heavy atom. The van der Waals surface area contributed by atoms with Gasteiger partial charge in [-0.15, -0.1) is 16.8 Å². The van der Waals surface area contributed by atoms with Gasteiger partial charge < -0.3 is 4.57 Å². The summed E-state index contributed by atoms with van der Waals surface area (Å²) in [5, 5.41) is 20.0. The molecule has 0 spiro atoms. The number of nitro benzene ring substituents is 1. The second-order valence-electron chi connectivity index (χ2n) is 5.98. The molecule has 7 nitrogen and oxygen atoms in total. The van der Waals surface area contributed by atoms with E-state index in [0.717, 1.165) is 11.4 Å². The second-order valence-corrected chi connectivity index (χ2v) is 6.92. The molecular weight excluding hydrogens is 376 g/mol. The fraction of sp³-hybridized carbons (Fsp3) is 0.150. The van der Waals surface area contributed by atoms with Crippen LogP contribution in [0, 0.1) is 10.1 Å². The highest BCUT2D eigenvalue weighted by atomic mass is 32.2. The first-order valence-electron chi connectivity index (χ1n) is 8.56. The highest BCUT2D eigenvalue weighted by Gasteiger charge is 2.16. The van der Waals surface area contributed by atoms with Gasteiger partial charge in [0.1, 0.15) is 5.82 Å². The minimum atomic E-state index is -0.513. The number of benzene rings is 2. The van der Waals surface area contributed by atoms with Crippen molar-refractivity contribution in [1.29, 1.82) is 0 Å². The van der Waals surface area contributed by atoms with Gasteiger partial charge in [0.05, 0.1) is 10.7 Å². The molecule has 1 aromatic heterocycles. The zero-order chi connectivity index (χ0) is 19.9. The van der Waals surface area contributed by atoms with Gasteiger partial charge >= 0.3 is 0 Å². The van der Waals surface area contributed by atoms with Crippen molar-refractivity contribution in [2.24, 2.45) is 0 Å². The van der Waals surface area contributed by atoms with Crippen molar-refractivity contribution in [2.45, 2.75) is 18.1 Å². The van der Waals surface area contributed by atoms with Crippen LogP contribution in [0.3, 0.4) is 0 Å². The smallest absolute Gasteiger partial charge is 0.270 e. The number of hydrogen-bond acceptors (Lipinski definition) is 6. The third-order valence-corrected chi connectivity index (χ3v) is 4.99. The predicted molar refractivity (Wildman–Crippen MR) is 108 cm³/mol. The summed E-state index contributed by atoms with van der Waals surface area (Å²) in [5.41, 5.74) is 1.32.